The normalized spacial score (nSPS) is 14.2. The van der Waals surface area contributed by atoms with E-state index < -0.39 is 8.38 Å². The van der Waals surface area contributed by atoms with Gasteiger partial charge in [0.05, 0.1) is 31.1 Å². The van der Waals surface area contributed by atoms with Crippen LogP contribution in [0.4, 0.5) is 11.5 Å². The summed E-state index contributed by atoms with van der Waals surface area (Å²) in [6.07, 6.45) is 6.94. The van der Waals surface area contributed by atoms with Gasteiger partial charge in [-0.3, -0.25) is 4.98 Å². The molecule has 3 aromatic heterocycles. The number of rotatable bonds is 16. The van der Waals surface area contributed by atoms with Gasteiger partial charge in [0.25, 0.3) is 0 Å². The molecule has 3 unspecified atom stereocenters. The van der Waals surface area contributed by atoms with E-state index >= 15 is 0 Å². The highest BCUT2D eigenvalue weighted by Gasteiger charge is 2.14. The van der Waals surface area contributed by atoms with Gasteiger partial charge >= 0.3 is 0 Å². The minimum atomic E-state index is -1.66. The van der Waals surface area contributed by atoms with E-state index in [2.05, 4.69) is 44.0 Å². The Labute approximate surface area is 241 Å². The molecule has 1 aromatic carbocycles. The Morgan fingerprint density at radius 3 is 2.85 bits per heavy atom. The number of likely N-dealkylation sites (N-methyl/N-ethyl adjacent to an activating group) is 1. The third kappa shape index (κ3) is 8.42. The molecule has 0 saturated carbocycles. The van der Waals surface area contributed by atoms with Gasteiger partial charge < -0.3 is 34.7 Å². The molecular formula is C27H38ClN8O3P. The Morgan fingerprint density at radius 1 is 1.18 bits per heavy atom. The number of aromatic nitrogens is 5. The van der Waals surface area contributed by atoms with Gasteiger partial charge in [-0.15, -0.1) is 0 Å². The molecule has 40 heavy (non-hydrogen) atoms. The summed E-state index contributed by atoms with van der Waals surface area (Å²) in [5.74, 6) is 0.349. The van der Waals surface area contributed by atoms with Crippen molar-refractivity contribution in [1.82, 2.24) is 29.4 Å². The second-order valence-electron chi connectivity index (χ2n) is 9.76. The maximum atomic E-state index is 10.3. The van der Waals surface area contributed by atoms with Gasteiger partial charge in [0.1, 0.15) is 18.2 Å². The Balaban J connectivity index is 1.12. The Morgan fingerprint density at radius 2 is 2.02 bits per heavy atom. The number of hydrogen-bond donors (Lipinski definition) is 3. The molecule has 4 aromatic rings. The molecule has 3 heterocycles. The average Bonchev–Trinajstić information content (AvgIpc) is 3.34. The van der Waals surface area contributed by atoms with Crippen molar-refractivity contribution < 1.29 is 14.2 Å². The van der Waals surface area contributed by atoms with Gasteiger partial charge in [-0.25, -0.2) is 15.0 Å². The zero-order chi connectivity index (χ0) is 28.5. The molecule has 0 radical (unpaired) electrons. The summed E-state index contributed by atoms with van der Waals surface area (Å²) in [7, 11) is -1.66. The molecule has 0 spiro atoms. The van der Waals surface area contributed by atoms with Crippen molar-refractivity contribution in [2.75, 3.05) is 43.6 Å². The van der Waals surface area contributed by atoms with E-state index in [1.807, 2.05) is 42.0 Å². The van der Waals surface area contributed by atoms with Crippen LogP contribution in [0, 0.1) is 0 Å². The van der Waals surface area contributed by atoms with Crippen molar-refractivity contribution >= 4 is 53.5 Å². The van der Waals surface area contributed by atoms with Gasteiger partial charge in [0, 0.05) is 34.9 Å². The van der Waals surface area contributed by atoms with E-state index in [1.54, 1.807) is 6.33 Å². The summed E-state index contributed by atoms with van der Waals surface area (Å²) in [4.78, 5) is 29.5. The molecule has 216 valence electrons. The van der Waals surface area contributed by atoms with Crippen LogP contribution in [0.2, 0.25) is 5.02 Å². The number of benzene rings is 1. The standard InChI is InChI=1S/C27H38ClN8O3P/c1-4-35(11-5-6-19(2)34-23-9-10-30-24-14-21(28)7-8-22(23)24)12-13-39-40(37)18-38-20(3)15-36-17-33-25-26(29)31-16-32-27(25)36/h7-10,14,16-17,19-20,37H,4-6,11-13,15,18H2,1-3H3,(H,30,34)(H2,29,31,32). The van der Waals surface area contributed by atoms with Crippen molar-refractivity contribution in [1.29, 1.82) is 0 Å². The highest BCUT2D eigenvalue weighted by Crippen LogP contribution is 2.31. The number of halogens is 1. The second-order valence-corrected chi connectivity index (χ2v) is 11.4. The second kappa shape index (κ2) is 14.8. The molecule has 0 aliphatic heterocycles. The number of hydrogen-bond acceptors (Lipinski definition) is 10. The molecule has 0 amide bonds. The van der Waals surface area contributed by atoms with Crippen molar-refractivity contribution in [2.45, 2.75) is 52.3 Å². The highest BCUT2D eigenvalue weighted by molar-refractivity contribution is 7.45. The van der Waals surface area contributed by atoms with Crippen LogP contribution in [-0.2, 0) is 15.8 Å². The molecule has 0 aliphatic carbocycles. The number of pyridine rings is 1. The first-order valence-electron chi connectivity index (χ1n) is 13.5. The van der Waals surface area contributed by atoms with Gasteiger partial charge in [-0.2, -0.15) is 0 Å². The van der Waals surface area contributed by atoms with Crippen LogP contribution >= 0.6 is 20.0 Å². The summed E-state index contributed by atoms with van der Waals surface area (Å²) in [5.41, 5.74) is 9.03. The van der Waals surface area contributed by atoms with Crippen LogP contribution in [0.3, 0.4) is 0 Å². The molecule has 11 nitrogen and oxygen atoms in total. The van der Waals surface area contributed by atoms with Crippen molar-refractivity contribution in [3.05, 3.63) is 48.1 Å². The fourth-order valence-electron chi connectivity index (χ4n) is 4.50. The lowest BCUT2D eigenvalue weighted by atomic mass is 10.1. The van der Waals surface area contributed by atoms with Crippen LogP contribution in [0.25, 0.3) is 22.1 Å². The topological polar surface area (TPSA) is 136 Å². The number of nitrogens with two attached hydrogens (primary N) is 1. The van der Waals surface area contributed by atoms with Gasteiger partial charge in [-0.1, -0.05) is 18.5 Å². The fourth-order valence-corrected chi connectivity index (χ4v) is 5.41. The van der Waals surface area contributed by atoms with Gasteiger partial charge in [0.2, 0.25) is 0 Å². The minimum Gasteiger partial charge on any atom is -0.382 e. The van der Waals surface area contributed by atoms with Crippen molar-refractivity contribution in [3.8, 4) is 0 Å². The van der Waals surface area contributed by atoms with Crippen LogP contribution in [0.1, 0.15) is 33.6 Å². The number of nitrogens with one attached hydrogen (secondary N) is 1. The maximum Gasteiger partial charge on any atom is 0.195 e. The lowest BCUT2D eigenvalue weighted by Gasteiger charge is -2.23. The summed E-state index contributed by atoms with van der Waals surface area (Å²) < 4.78 is 13.3. The summed E-state index contributed by atoms with van der Waals surface area (Å²) in [5, 5.41) is 5.37. The number of imidazole rings is 1. The summed E-state index contributed by atoms with van der Waals surface area (Å²) in [6, 6.07) is 8.10. The largest absolute Gasteiger partial charge is 0.382 e. The van der Waals surface area contributed by atoms with Gasteiger partial charge in [-0.05, 0) is 64.0 Å². The number of nitrogens with zero attached hydrogens (tertiary/aromatic N) is 6. The van der Waals surface area contributed by atoms with Gasteiger partial charge in [0.15, 0.2) is 19.8 Å². The van der Waals surface area contributed by atoms with E-state index in [0.717, 1.165) is 49.1 Å². The highest BCUT2D eigenvalue weighted by atomic mass is 35.5. The number of ether oxygens (including phenoxy) is 1. The third-order valence-electron chi connectivity index (χ3n) is 6.67. The van der Waals surface area contributed by atoms with E-state index in [1.165, 1.54) is 6.33 Å². The van der Waals surface area contributed by atoms with Crippen LogP contribution in [-0.4, -0.2) is 79.0 Å². The Bertz CT molecular complexity index is 1380. The first-order valence-corrected chi connectivity index (χ1v) is 15.3. The maximum absolute atomic E-state index is 10.3. The molecule has 3 atom stereocenters. The van der Waals surface area contributed by atoms with E-state index in [0.29, 0.717) is 41.2 Å². The molecule has 4 N–H and O–H groups in total. The number of anilines is 2. The summed E-state index contributed by atoms with van der Waals surface area (Å²) >= 11 is 6.11. The molecule has 0 fully saturated rings. The van der Waals surface area contributed by atoms with Crippen LogP contribution in [0.5, 0.6) is 0 Å². The molecule has 13 heteroatoms. The fraction of sp³-hybridized carbons (Fsp3) is 0.481. The molecule has 0 saturated heterocycles. The molecule has 4 rings (SSSR count). The first kappa shape index (κ1) is 30.3. The van der Waals surface area contributed by atoms with Crippen molar-refractivity contribution in [2.24, 2.45) is 0 Å². The first-order chi connectivity index (χ1) is 19.3. The van der Waals surface area contributed by atoms with Crippen LogP contribution in [0.15, 0.2) is 43.1 Å². The monoisotopic (exact) mass is 588 g/mol. The summed E-state index contributed by atoms with van der Waals surface area (Å²) in [6.45, 7) is 9.88. The van der Waals surface area contributed by atoms with Crippen LogP contribution < -0.4 is 11.1 Å². The number of nitrogen functional groups attached to an aromatic ring is 1. The zero-order valence-corrected chi connectivity index (χ0v) is 24.9. The van der Waals surface area contributed by atoms with Crippen molar-refractivity contribution in [3.63, 3.8) is 0 Å². The lowest BCUT2D eigenvalue weighted by molar-refractivity contribution is 0.0781. The van der Waals surface area contributed by atoms with E-state index in [4.69, 9.17) is 26.6 Å². The minimum absolute atomic E-state index is 0.144. The predicted octanol–water partition coefficient (Wildman–Crippen LogP) is 4.90. The number of fused-ring (bicyclic) bond motifs is 2. The lowest BCUT2D eigenvalue weighted by Crippen LogP contribution is -2.29. The predicted molar refractivity (Wildman–Crippen MR) is 161 cm³/mol. The Kier molecular flexibility index (Phi) is 11.2. The quantitative estimate of drug-likeness (QED) is 0.155. The molecule has 0 aliphatic rings. The average molecular weight is 589 g/mol. The van der Waals surface area contributed by atoms with E-state index in [-0.39, 0.29) is 12.5 Å². The zero-order valence-electron chi connectivity index (χ0n) is 23.2. The molecular weight excluding hydrogens is 551 g/mol. The van der Waals surface area contributed by atoms with E-state index in [9.17, 15) is 4.89 Å². The SMILES string of the molecule is CCN(CCCC(C)Nc1ccnc2cc(Cl)ccc12)CCOP(O)COC(C)Cn1cnc2c(N)ncnc21. The third-order valence-corrected chi connectivity index (χ3v) is 7.75. The smallest absolute Gasteiger partial charge is 0.195 e. The molecule has 0 bridgehead atoms. The Hall–Kier alpha value is -2.66.